The van der Waals surface area contributed by atoms with E-state index >= 15 is 0 Å². The Morgan fingerprint density at radius 2 is 1.89 bits per heavy atom. The molecule has 1 aromatic rings. The van der Waals surface area contributed by atoms with Crippen molar-refractivity contribution in [2.24, 2.45) is 0 Å². The number of alkyl halides is 4. The van der Waals surface area contributed by atoms with E-state index in [1.54, 1.807) is 0 Å². The average molecular weight is 322 g/mol. The molecule has 1 aliphatic rings. The van der Waals surface area contributed by atoms with Crippen LogP contribution in [0.4, 0.5) is 18.9 Å². The van der Waals surface area contributed by atoms with Crippen molar-refractivity contribution in [3.8, 4) is 0 Å². The van der Waals surface area contributed by atoms with Gasteiger partial charge in [-0.3, -0.25) is 9.59 Å². The molecule has 0 atom stereocenters. The van der Waals surface area contributed by atoms with Gasteiger partial charge in [-0.15, -0.1) is 0 Å². The van der Waals surface area contributed by atoms with E-state index in [0.717, 1.165) is 18.2 Å². The number of fused-ring (bicyclic) bond motifs is 1. The van der Waals surface area contributed by atoms with Gasteiger partial charge in [-0.1, -0.05) is 15.9 Å². The number of anilines is 1. The number of Topliss-reactive ketones (excluding diaryl/α,β-unsaturated/α-hetero) is 1. The van der Waals surface area contributed by atoms with Crippen molar-refractivity contribution in [3.63, 3.8) is 0 Å². The zero-order valence-electron chi connectivity index (χ0n) is 8.92. The van der Waals surface area contributed by atoms with Gasteiger partial charge in [0.1, 0.15) is 0 Å². The molecule has 0 aliphatic carbocycles. The summed E-state index contributed by atoms with van der Waals surface area (Å²) in [7, 11) is 0. The second-order valence-corrected chi connectivity index (χ2v) is 4.50. The summed E-state index contributed by atoms with van der Waals surface area (Å²) in [6, 6.07) is 2.75. The fourth-order valence-corrected chi connectivity index (χ4v) is 2.14. The Balaban J connectivity index is 2.50. The first-order chi connectivity index (χ1) is 8.36. The van der Waals surface area contributed by atoms with Gasteiger partial charge in [0, 0.05) is 11.9 Å². The molecule has 96 valence electrons. The third-order valence-corrected chi connectivity index (χ3v) is 2.96. The van der Waals surface area contributed by atoms with Crippen LogP contribution in [0.1, 0.15) is 15.9 Å². The minimum atomic E-state index is -4.53. The summed E-state index contributed by atoms with van der Waals surface area (Å²) >= 11 is 3.12. The van der Waals surface area contributed by atoms with Crippen LogP contribution >= 0.6 is 15.9 Å². The van der Waals surface area contributed by atoms with Crippen molar-refractivity contribution in [1.82, 2.24) is 0 Å². The number of halogens is 4. The Kier molecular flexibility index (Phi) is 3.18. The molecule has 0 fully saturated rings. The highest BCUT2D eigenvalue weighted by Crippen LogP contribution is 2.35. The van der Waals surface area contributed by atoms with Gasteiger partial charge in [0.2, 0.25) is 0 Å². The molecule has 0 unspecified atom stereocenters. The van der Waals surface area contributed by atoms with Gasteiger partial charge in [-0.2, -0.15) is 13.2 Å². The van der Waals surface area contributed by atoms with Crippen LogP contribution in [0.2, 0.25) is 0 Å². The molecule has 1 heterocycles. The summed E-state index contributed by atoms with van der Waals surface area (Å²) in [5.74, 6) is -1.68. The zero-order chi connectivity index (χ0) is 13.5. The molecule has 0 saturated carbocycles. The monoisotopic (exact) mass is 321 g/mol. The Morgan fingerprint density at radius 1 is 1.22 bits per heavy atom. The third kappa shape index (κ3) is 2.03. The minimum absolute atomic E-state index is 0.184. The largest absolute Gasteiger partial charge is 0.416 e. The van der Waals surface area contributed by atoms with Crippen LogP contribution in [0.15, 0.2) is 18.2 Å². The fraction of sp³-hybridized carbons (Fsp3) is 0.273. The predicted octanol–water partition coefficient (Wildman–Crippen LogP) is 2.63. The van der Waals surface area contributed by atoms with E-state index in [0.29, 0.717) is 5.33 Å². The number of hydrogen-bond donors (Lipinski definition) is 0. The third-order valence-electron chi connectivity index (χ3n) is 2.61. The topological polar surface area (TPSA) is 37.4 Å². The van der Waals surface area contributed by atoms with Crippen LogP contribution in [0.3, 0.4) is 0 Å². The van der Waals surface area contributed by atoms with Crippen LogP contribution < -0.4 is 4.90 Å². The molecule has 0 bridgehead atoms. The van der Waals surface area contributed by atoms with Gasteiger partial charge >= 0.3 is 6.18 Å². The molecule has 0 spiro atoms. The highest BCUT2D eigenvalue weighted by atomic mass is 79.9. The van der Waals surface area contributed by atoms with Gasteiger partial charge < -0.3 is 4.90 Å². The second kappa shape index (κ2) is 4.38. The summed E-state index contributed by atoms with van der Waals surface area (Å²) in [6.07, 6.45) is -4.53. The molecule has 1 aliphatic heterocycles. The highest BCUT2D eigenvalue weighted by molar-refractivity contribution is 9.09. The fourth-order valence-electron chi connectivity index (χ4n) is 1.78. The molecule has 18 heavy (non-hydrogen) atoms. The number of ketones is 1. The summed E-state index contributed by atoms with van der Waals surface area (Å²) in [5.41, 5.74) is -0.878. The summed E-state index contributed by atoms with van der Waals surface area (Å²) in [4.78, 5) is 24.3. The molecular formula is C11H7BrF3NO2. The van der Waals surface area contributed by atoms with Gasteiger partial charge in [0.05, 0.1) is 16.8 Å². The molecule has 0 aromatic heterocycles. The molecule has 0 N–H and O–H groups in total. The molecule has 7 heteroatoms. The van der Waals surface area contributed by atoms with Crippen LogP contribution in [0, 0.1) is 0 Å². The minimum Gasteiger partial charge on any atom is -0.304 e. The highest BCUT2D eigenvalue weighted by Gasteiger charge is 2.38. The van der Waals surface area contributed by atoms with Crippen LogP contribution in [0.25, 0.3) is 0 Å². The van der Waals surface area contributed by atoms with E-state index in [2.05, 4.69) is 15.9 Å². The van der Waals surface area contributed by atoms with Crippen molar-refractivity contribution in [2.75, 3.05) is 16.8 Å². The number of hydrogen-bond acceptors (Lipinski definition) is 2. The lowest BCUT2D eigenvalue weighted by molar-refractivity contribution is -0.137. The SMILES string of the molecule is O=C1C(=O)N(CCBr)c2ccc(C(F)(F)F)cc21. The number of carbonyl (C=O) groups is 2. The second-order valence-electron chi connectivity index (χ2n) is 3.70. The van der Waals surface area contributed by atoms with Gasteiger partial charge in [-0.05, 0) is 18.2 Å². The molecule has 3 nitrogen and oxygen atoms in total. The quantitative estimate of drug-likeness (QED) is 0.620. The van der Waals surface area contributed by atoms with Gasteiger partial charge in [0.25, 0.3) is 11.7 Å². The van der Waals surface area contributed by atoms with Crippen LogP contribution in [-0.2, 0) is 11.0 Å². The number of carbonyl (C=O) groups excluding carboxylic acids is 2. The van der Waals surface area contributed by atoms with Crippen molar-refractivity contribution < 1.29 is 22.8 Å². The van der Waals surface area contributed by atoms with Crippen molar-refractivity contribution in [2.45, 2.75) is 6.18 Å². The van der Waals surface area contributed by atoms with E-state index < -0.39 is 23.4 Å². The lowest BCUT2D eigenvalue weighted by Crippen LogP contribution is -2.31. The van der Waals surface area contributed by atoms with E-state index in [4.69, 9.17) is 0 Å². The number of nitrogens with zero attached hydrogens (tertiary/aromatic N) is 1. The smallest absolute Gasteiger partial charge is 0.304 e. The molecule has 0 radical (unpaired) electrons. The van der Waals surface area contributed by atoms with Crippen LogP contribution in [0.5, 0.6) is 0 Å². The number of rotatable bonds is 2. The Morgan fingerprint density at radius 3 is 2.44 bits per heavy atom. The molecule has 1 aromatic carbocycles. The van der Waals surface area contributed by atoms with Crippen molar-refractivity contribution in [3.05, 3.63) is 29.3 Å². The first-order valence-corrected chi connectivity index (χ1v) is 6.12. The van der Waals surface area contributed by atoms with E-state index in [1.807, 2.05) is 0 Å². The Hall–Kier alpha value is -1.37. The maximum Gasteiger partial charge on any atom is 0.416 e. The lowest BCUT2D eigenvalue weighted by atomic mass is 10.1. The summed E-state index contributed by atoms with van der Waals surface area (Å²) in [5, 5.41) is 0.437. The lowest BCUT2D eigenvalue weighted by Gasteiger charge is -2.15. The Bertz CT molecular complexity index is 528. The first kappa shape index (κ1) is 13.1. The molecule has 1 amide bonds. The van der Waals surface area contributed by atoms with E-state index in [-0.39, 0.29) is 17.8 Å². The standard InChI is InChI=1S/C11H7BrF3NO2/c12-3-4-16-8-2-1-6(11(13,14)15)5-7(8)9(17)10(16)18/h1-2,5H,3-4H2. The van der Waals surface area contributed by atoms with Crippen molar-refractivity contribution >= 4 is 33.3 Å². The molecular weight excluding hydrogens is 315 g/mol. The number of amides is 1. The number of benzene rings is 1. The molecule has 2 rings (SSSR count). The first-order valence-electron chi connectivity index (χ1n) is 4.99. The summed E-state index contributed by atoms with van der Waals surface area (Å²) in [6.45, 7) is 0.239. The molecule has 0 saturated heterocycles. The predicted molar refractivity (Wildman–Crippen MR) is 61.9 cm³/mol. The maximum absolute atomic E-state index is 12.5. The Labute approximate surface area is 109 Å². The zero-order valence-corrected chi connectivity index (χ0v) is 10.5. The van der Waals surface area contributed by atoms with E-state index in [9.17, 15) is 22.8 Å². The van der Waals surface area contributed by atoms with E-state index in [1.165, 1.54) is 4.90 Å². The van der Waals surface area contributed by atoms with Gasteiger partial charge in [-0.25, -0.2) is 0 Å². The normalized spacial score (nSPS) is 15.2. The van der Waals surface area contributed by atoms with Crippen molar-refractivity contribution in [1.29, 1.82) is 0 Å². The summed E-state index contributed by atoms with van der Waals surface area (Å²) < 4.78 is 37.5. The maximum atomic E-state index is 12.5. The van der Waals surface area contributed by atoms with Crippen LogP contribution in [-0.4, -0.2) is 23.6 Å². The average Bonchev–Trinajstić information content (AvgIpc) is 2.54. The van der Waals surface area contributed by atoms with Gasteiger partial charge in [0.15, 0.2) is 0 Å².